The van der Waals surface area contributed by atoms with E-state index in [1.54, 1.807) is 28.8 Å². The molecule has 5 aromatic rings. The van der Waals surface area contributed by atoms with Crippen LogP contribution in [-0.2, 0) is 11.3 Å². The van der Waals surface area contributed by atoms with E-state index >= 15 is 0 Å². The summed E-state index contributed by atoms with van der Waals surface area (Å²) >= 11 is 0. The average Bonchev–Trinajstić information content (AvgIpc) is 3.38. The standard InChI is InChI=1S/C31H26FN5O6/c1-43-26-14-11-21(16-25(26)37(41)42)28-30(33-18-19-6-3-2-4-7-19)36-15-5-8-23(29(36)35-28)31(40)34-24(17-27(38)39)20-9-12-22(32)13-10-20/h2-16,24,33H,17-18H2,1H3,(H,34,40)(H,38,39). The van der Waals surface area contributed by atoms with E-state index in [2.05, 4.69) is 10.6 Å². The molecule has 2 heterocycles. The van der Waals surface area contributed by atoms with Gasteiger partial charge in [0.15, 0.2) is 11.4 Å². The van der Waals surface area contributed by atoms with E-state index < -0.39 is 35.1 Å². The largest absolute Gasteiger partial charge is 0.490 e. The zero-order chi connectivity index (χ0) is 30.5. The molecule has 0 saturated heterocycles. The minimum Gasteiger partial charge on any atom is -0.490 e. The number of carboxylic acid groups (broad SMARTS) is 1. The van der Waals surface area contributed by atoms with Crippen molar-refractivity contribution in [2.45, 2.75) is 19.0 Å². The molecule has 5 rings (SSSR count). The van der Waals surface area contributed by atoms with E-state index in [0.717, 1.165) is 5.56 Å². The Morgan fingerprint density at radius 1 is 1.07 bits per heavy atom. The number of amides is 1. The Balaban J connectivity index is 1.59. The van der Waals surface area contributed by atoms with Crippen molar-refractivity contribution in [1.82, 2.24) is 14.7 Å². The number of aliphatic carboxylic acids is 1. The molecule has 2 aromatic heterocycles. The number of carbonyl (C=O) groups excluding carboxylic acids is 1. The molecule has 1 amide bonds. The summed E-state index contributed by atoms with van der Waals surface area (Å²) in [5, 5.41) is 27.3. The molecule has 0 bridgehead atoms. The number of hydrogen-bond acceptors (Lipinski definition) is 7. The van der Waals surface area contributed by atoms with Gasteiger partial charge in [-0.1, -0.05) is 42.5 Å². The lowest BCUT2D eigenvalue weighted by molar-refractivity contribution is -0.385. The summed E-state index contributed by atoms with van der Waals surface area (Å²) < 4.78 is 20.3. The number of nitro benzene ring substituents is 1. The number of carbonyl (C=O) groups is 2. The van der Waals surface area contributed by atoms with Crippen molar-refractivity contribution in [3.8, 4) is 17.0 Å². The number of nitro groups is 1. The molecule has 0 aliphatic heterocycles. The highest BCUT2D eigenvalue weighted by atomic mass is 19.1. The maximum absolute atomic E-state index is 13.6. The smallest absolute Gasteiger partial charge is 0.311 e. The van der Waals surface area contributed by atoms with Crippen molar-refractivity contribution >= 4 is 29.0 Å². The summed E-state index contributed by atoms with van der Waals surface area (Å²) in [4.78, 5) is 41.1. The number of ether oxygens (including phenoxy) is 1. The summed E-state index contributed by atoms with van der Waals surface area (Å²) in [7, 11) is 1.34. The third-order valence-corrected chi connectivity index (χ3v) is 6.80. The lowest BCUT2D eigenvalue weighted by Gasteiger charge is -2.18. The van der Waals surface area contributed by atoms with Gasteiger partial charge in [-0.3, -0.25) is 24.1 Å². The Bertz CT molecular complexity index is 1810. The van der Waals surface area contributed by atoms with Gasteiger partial charge in [0.25, 0.3) is 5.91 Å². The molecule has 0 aliphatic rings. The number of anilines is 1. The Kier molecular flexibility index (Phi) is 8.28. The van der Waals surface area contributed by atoms with Crippen molar-refractivity contribution in [3.63, 3.8) is 0 Å². The van der Waals surface area contributed by atoms with Crippen LogP contribution in [0.1, 0.15) is 33.9 Å². The number of hydrogen-bond donors (Lipinski definition) is 3. The zero-order valence-corrected chi connectivity index (χ0v) is 22.9. The Morgan fingerprint density at radius 2 is 1.81 bits per heavy atom. The van der Waals surface area contributed by atoms with Crippen LogP contribution in [0.5, 0.6) is 5.75 Å². The summed E-state index contributed by atoms with van der Waals surface area (Å²) in [5.41, 5.74) is 2.27. The van der Waals surface area contributed by atoms with E-state index in [9.17, 15) is 29.2 Å². The lowest BCUT2D eigenvalue weighted by atomic mass is 10.0. The van der Waals surface area contributed by atoms with Crippen LogP contribution in [0.15, 0.2) is 91.1 Å². The molecular weight excluding hydrogens is 557 g/mol. The number of imidazole rings is 1. The fraction of sp³-hybridized carbons (Fsp3) is 0.129. The van der Waals surface area contributed by atoms with E-state index in [0.29, 0.717) is 29.2 Å². The molecule has 0 saturated carbocycles. The molecule has 43 heavy (non-hydrogen) atoms. The zero-order valence-electron chi connectivity index (χ0n) is 22.9. The van der Waals surface area contributed by atoms with Crippen LogP contribution in [0.2, 0.25) is 0 Å². The Hall–Kier alpha value is -5.78. The quantitative estimate of drug-likeness (QED) is 0.134. The van der Waals surface area contributed by atoms with Gasteiger partial charge in [0.2, 0.25) is 0 Å². The van der Waals surface area contributed by atoms with Gasteiger partial charge in [-0.15, -0.1) is 0 Å². The predicted octanol–water partition coefficient (Wildman–Crippen LogP) is 5.62. The maximum atomic E-state index is 13.6. The number of nitrogens with one attached hydrogen (secondary N) is 2. The first-order valence-electron chi connectivity index (χ1n) is 13.1. The van der Waals surface area contributed by atoms with Gasteiger partial charge in [0.1, 0.15) is 17.3 Å². The summed E-state index contributed by atoms with van der Waals surface area (Å²) in [6.07, 6.45) is 1.27. The van der Waals surface area contributed by atoms with Gasteiger partial charge in [-0.05, 0) is 47.5 Å². The van der Waals surface area contributed by atoms with Gasteiger partial charge in [0, 0.05) is 24.4 Å². The number of halogens is 1. The number of nitrogens with zero attached hydrogens (tertiary/aromatic N) is 3. The molecule has 0 aliphatic carbocycles. The second-order valence-corrected chi connectivity index (χ2v) is 9.58. The van der Waals surface area contributed by atoms with Gasteiger partial charge in [-0.25, -0.2) is 9.37 Å². The summed E-state index contributed by atoms with van der Waals surface area (Å²) in [6, 6.07) is 21.5. The fourth-order valence-corrected chi connectivity index (χ4v) is 4.73. The second-order valence-electron chi connectivity index (χ2n) is 9.58. The molecule has 0 radical (unpaired) electrons. The molecule has 11 nitrogen and oxygen atoms in total. The van der Waals surface area contributed by atoms with Crippen molar-refractivity contribution in [2.75, 3.05) is 12.4 Å². The summed E-state index contributed by atoms with van der Waals surface area (Å²) in [6.45, 7) is 0.390. The molecule has 12 heteroatoms. The lowest BCUT2D eigenvalue weighted by Crippen LogP contribution is -2.30. The van der Waals surface area contributed by atoms with Gasteiger partial charge in [-0.2, -0.15) is 0 Å². The number of benzene rings is 3. The van der Waals surface area contributed by atoms with Crippen LogP contribution in [0.25, 0.3) is 16.9 Å². The third kappa shape index (κ3) is 6.27. The number of rotatable bonds is 11. The Morgan fingerprint density at radius 3 is 2.49 bits per heavy atom. The second kappa shape index (κ2) is 12.4. The van der Waals surface area contributed by atoms with Crippen LogP contribution in [0.3, 0.4) is 0 Å². The third-order valence-electron chi connectivity index (χ3n) is 6.80. The highest BCUT2D eigenvalue weighted by Gasteiger charge is 2.25. The molecule has 0 fully saturated rings. The number of pyridine rings is 1. The van der Waals surface area contributed by atoms with Crippen LogP contribution in [0.4, 0.5) is 15.9 Å². The normalized spacial score (nSPS) is 11.6. The van der Waals surface area contributed by atoms with Crippen LogP contribution in [0, 0.1) is 15.9 Å². The van der Waals surface area contributed by atoms with Crippen LogP contribution in [-0.4, -0.2) is 38.4 Å². The SMILES string of the molecule is COc1ccc(-c2nc3c(C(=O)NC(CC(=O)O)c4ccc(F)cc4)cccn3c2NCc2ccccc2)cc1[N+](=O)[O-]. The first kappa shape index (κ1) is 28.7. The van der Waals surface area contributed by atoms with E-state index in [-0.39, 0.29) is 22.6 Å². The van der Waals surface area contributed by atoms with Crippen molar-refractivity contribution < 1.29 is 28.7 Å². The van der Waals surface area contributed by atoms with Gasteiger partial charge >= 0.3 is 11.7 Å². The minimum absolute atomic E-state index is 0.0849. The van der Waals surface area contributed by atoms with Crippen molar-refractivity contribution in [1.29, 1.82) is 0 Å². The van der Waals surface area contributed by atoms with Crippen molar-refractivity contribution in [3.05, 3.63) is 124 Å². The molecule has 3 N–H and O–H groups in total. The highest BCUT2D eigenvalue weighted by molar-refractivity contribution is 6.01. The summed E-state index contributed by atoms with van der Waals surface area (Å²) in [5.74, 6) is -1.68. The topological polar surface area (TPSA) is 148 Å². The average molecular weight is 584 g/mol. The van der Waals surface area contributed by atoms with Crippen LogP contribution < -0.4 is 15.4 Å². The fourth-order valence-electron chi connectivity index (χ4n) is 4.73. The molecule has 1 atom stereocenters. The maximum Gasteiger partial charge on any atom is 0.311 e. The van der Waals surface area contributed by atoms with Gasteiger partial charge in [0.05, 0.1) is 30.1 Å². The van der Waals surface area contributed by atoms with E-state index in [1.807, 2.05) is 30.3 Å². The van der Waals surface area contributed by atoms with Gasteiger partial charge < -0.3 is 20.5 Å². The molecule has 1 unspecified atom stereocenters. The number of methoxy groups -OCH3 is 1. The predicted molar refractivity (Wildman–Crippen MR) is 156 cm³/mol. The Labute approximate surface area is 244 Å². The first-order valence-corrected chi connectivity index (χ1v) is 13.1. The molecule has 0 spiro atoms. The highest BCUT2D eigenvalue weighted by Crippen LogP contribution is 2.36. The number of aromatic nitrogens is 2. The van der Waals surface area contributed by atoms with E-state index in [1.165, 1.54) is 43.5 Å². The molecular formula is C31H26FN5O6. The first-order chi connectivity index (χ1) is 20.7. The van der Waals surface area contributed by atoms with Crippen molar-refractivity contribution in [2.24, 2.45) is 0 Å². The van der Waals surface area contributed by atoms with Crippen LogP contribution >= 0.6 is 0 Å². The minimum atomic E-state index is -1.15. The molecule has 218 valence electrons. The van der Waals surface area contributed by atoms with E-state index in [4.69, 9.17) is 9.72 Å². The number of fused-ring (bicyclic) bond motifs is 1. The number of carboxylic acids is 1. The monoisotopic (exact) mass is 583 g/mol. The molecule has 3 aromatic carbocycles.